The molecular weight excluding hydrogens is 343 g/mol. The van der Waals surface area contributed by atoms with E-state index in [9.17, 15) is 14.0 Å². The summed E-state index contributed by atoms with van der Waals surface area (Å²) in [5.74, 6) is -0.819. The standard InChI is InChI=1S/C22H19FN2O2/c1-2-25(20-6-4-3-5-7-20)22(27)17-10-8-16(9-11-17)21(26)24-19-14-12-18(23)13-15-19/h3-15H,2H2,1H3,(H,24,26). The molecule has 0 aromatic heterocycles. The highest BCUT2D eigenvalue weighted by molar-refractivity contribution is 6.08. The number of benzene rings is 3. The lowest BCUT2D eigenvalue weighted by molar-refractivity contribution is 0.0985. The molecule has 5 heteroatoms. The summed E-state index contributed by atoms with van der Waals surface area (Å²) in [6.07, 6.45) is 0. The molecule has 0 spiro atoms. The van der Waals surface area contributed by atoms with E-state index in [4.69, 9.17) is 0 Å². The molecule has 2 amide bonds. The van der Waals surface area contributed by atoms with Gasteiger partial charge in [-0.15, -0.1) is 0 Å². The molecule has 0 aliphatic heterocycles. The number of hydrogen-bond donors (Lipinski definition) is 1. The van der Waals surface area contributed by atoms with Crippen molar-refractivity contribution in [1.82, 2.24) is 0 Å². The van der Waals surface area contributed by atoms with Crippen molar-refractivity contribution in [3.05, 3.63) is 95.8 Å². The second-order valence-electron chi connectivity index (χ2n) is 5.92. The van der Waals surface area contributed by atoms with Gasteiger partial charge in [-0.2, -0.15) is 0 Å². The van der Waals surface area contributed by atoms with Crippen LogP contribution in [0.15, 0.2) is 78.9 Å². The molecule has 1 N–H and O–H groups in total. The van der Waals surface area contributed by atoms with E-state index < -0.39 is 0 Å². The lowest BCUT2D eigenvalue weighted by Crippen LogP contribution is -2.30. The van der Waals surface area contributed by atoms with Crippen LogP contribution in [0.3, 0.4) is 0 Å². The van der Waals surface area contributed by atoms with E-state index >= 15 is 0 Å². The summed E-state index contributed by atoms with van der Waals surface area (Å²) in [6.45, 7) is 2.45. The SMILES string of the molecule is CCN(C(=O)c1ccc(C(=O)Nc2ccc(F)cc2)cc1)c1ccccc1. The number of para-hydroxylation sites is 1. The minimum Gasteiger partial charge on any atom is -0.322 e. The minimum absolute atomic E-state index is 0.130. The lowest BCUT2D eigenvalue weighted by Gasteiger charge is -2.21. The highest BCUT2D eigenvalue weighted by Crippen LogP contribution is 2.17. The Bertz CT molecular complexity index is 923. The summed E-state index contributed by atoms with van der Waals surface area (Å²) >= 11 is 0. The van der Waals surface area contributed by atoms with Crippen LogP contribution in [-0.2, 0) is 0 Å². The molecule has 0 bridgehead atoms. The summed E-state index contributed by atoms with van der Waals surface area (Å²) in [5.41, 5.74) is 2.24. The van der Waals surface area contributed by atoms with Crippen LogP contribution in [0, 0.1) is 5.82 Å². The average molecular weight is 362 g/mol. The third kappa shape index (κ3) is 4.39. The Labute approximate surface area is 157 Å². The Morgan fingerprint density at radius 1 is 0.852 bits per heavy atom. The van der Waals surface area contributed by atoms with Gasteiger partial charge in [0, 0.05) is 29.0 Å². The van der Waals surface area contributed by atoms with E-state index in [1.54, 1.807) is 29.2 Å². The van der Waals surface area contributed by atoms with Gasteiger partial charge < -0.3 is 10.2 Å². The molecule has 0 aliphatic rings. The highest BCUT2D eigenvalue weighted by atomic mass is 19.1. The van der Waals surface area contributed by atoms with Crippen LogP contribution in [0.2, 0.25) is 0 Å². The number of rotatable bonds is 5. The van der Waals surface area contributed by atoms with Crippen molar-refractivity contribution < 1.29 is 14.0 Å². The third-order valence-corrected chi connectivity index (χ3v) is 4.13. The number of carbonyl (C=O) groups is 2. The molecular formula is C22H19FN2O2. The van der Waals surface area contributed by atoms with Crippen molar-refractivity contribution in [2.45, 2.75) is 6.92 Å². The summed E-state index contributed by atoms with van der Waals surface area (Å²) in [7, 11) is 0. The molecule has 136 valence electrons. The molecule has 0 saturated carbocycles. The van der Waals surface area contributed by atoms with Crippen LogP contribution in [0.25, 0.3) is 0 Å². The number of amides is 2. The van der Waals surface area contributed by atoms with Crippen molar-refractivity contribution >= 4 is 23.2 Å². The van der Waals surface area contributed by atoms with Crippen molar-refractivity contribution in [2.75, 3.05) is 16.8 Å². The Balaban J connectivity index is 1.73. The molecule has 0 heterocycles. The fourth-order valence-corrected chi connectivity index (χ4v) is 2.71. The van der Waals surface area contributed by atoms with E-state index in [0.717, 1.165) is 5.69 Å². The summed E-state index contributed by atoms with van der Waals surface area (Å²) in [6, 6.07) is 21.4. The number of nitrogens with one attached hydrogen (secondary N) is 1. The molecule has 4 nitrogen and oxygen atoms in total. The lowest BCUT2D eigenvalue weighted by atomic mass is 10.1. The zero-order valence-corrected chi connectivity index (χ0v) is 14.9. The maximum absolute atomic E-state index is 12.9. The van der Waals surface area contributed by atoms with Gasteiger partial charge in [0.15, 0.2) is 0 Å². The number of hydrogen-bond acceptors (Lipinski definition) is 2. The maximum atomic E-state index is 12.9. The van der Waals surface area contributed by atoms with E-state index in [1.807, 2.05) is 37.3 Å². The van der Waals surface area contributed by atoms with Gasteiger partial charge >= 0.3 is 0 Å². The quantitative estimate of drug-likeness (QED) is 0.712. The average Bonchev–Trinajstić information content (AvgIpc) is 2.71. The van der Waals surface area contributed by atoms with Gasteiger partial charge in [-0.25, -0.2) is 4.39 Å². The Kier molecular flexibility index (Phi) is 5.61. The van der Waals surface area contributed by atoms with Crippen LogP contribution in [-0.4, -0.2) is 18.4 Å². The van der Waals surface area contributed by atoms with Crippen LogP contribution in [0.4, 0.5) is 15.8 Å². The van der Waals surface area contributed by atoms with Gasteiger partial charge in [-0.3, -0.25) is 9.59 Å². The summed E-state index contributed by atoms with van der Waals surface area (Å²) in [5, 5.41) is 2.69. The van der Waals surface area contributed by atoms with E-state index in [2.05, 4.69) is 5.32 Å². The minimum atomic E-state index is -0.366. The van der Waals surface area contributed by atoms with Gasteiger partial charge in [-0.05, 0) is 67.6 Å². The fourth-order valence-electron chi connectivity index (χ4n) is 2.71. The van der Waals surface area contributed by atoms with Crippen molar-refractivity contribution in [2.24, 2.45) is 0 Å². The first kappa shape index (κ1) is 18.3. The Morgan fingerprint density at radius 2 is 1.44 bits per heavy atom. The first-order valence-electron chi connectivity index (χ1n) is 8.62. The fraction of sp³-hybridized carbons (Fsp3) is 0.0909. The maximum Gasteiger partial charge on any atom is 0.258 e. The zero-order valence-electron chi connectivity index (χ0n) is 14.9. The van der Waals surface area contributed by atoms with Gasteiger partial charge in [0.05, 0.1) is 0 Å². The number of carbonyl (C=O) groups excluding carboxylic acids is 2. The second kappa shape index (κ2) is 8.27. The third-order valence-electron chi connectivity index (χ3n) is 4.13. The van der Waals surface area contributed by atoms with Gasteiger partial charge in [0.2, 0.25) is 0 Å². The first-order valence-corrected chi connectivity index (χ1v) is 8.62. The van der Waals surface area contributed by atoms with Crippen molar-refractivity contribution in [3.8, 4) is 0 Å². The molecule has 3 aromatic rings. The van der Waals surface area contributed by atoms with Crippen LogP contribution >= 0.6 is 0 Å². The number of anilines is 2. The molecule has 0 unspecified atom stereocenters. The topological polar surface area (TPSA) is 49.4 Å². The van der Waals surface area contributed by atoms with Gasteiger partial charge in [0.25, 0.3) is 11.8 Å². The predicted molar refractivity (Wildman–Crippen MR) is 105 cm³/mol. The number of nitrogens with zero attached hydrogens (tertiary/aromatic N) is 1. The smallest absolute Gasteiger partial charge is 0.258 e. The number of halogens is 1. The Hall–Kier alpha value is -3.47. The van der Waals surface area contributed by atoms with E-state index in [-0.39, 0.29) is 17.6 Å². The first-order chi connectivity index (χ1) is 13.1. The van der Waals surface area contributed by atoms with Crippen molar-refractivity contribution in [3.63, 3.8) is 0 Å². The largest absolute Gasteiger partial charge is 0.322 e. The predicted octanol–water partition coefficient (Wildman–Crippen LogP) is 4.74. The summed E-state index contributed by atoms with van der Waals surface area (Å²) in [4.78, 5) is 26.7. The highest BCUT2D eigenvalue weighted by Gasteiger charge is 2.16. The monoisotopic (exact) mass is 362 g/mol. The normalized spacial score (nSPS) is 10.3. The van der Waals surface area contributed by atoms with Gasteiger partial charge in [0.1, 0.15) is 5.82 Å². The molecule has 0 aliphatic carbocycles. The van der Waals surface area contributed by atoms with E-state index in [0.29, 0.717) is 23.4 Å². The van der Waals surface area contributed by atoms with Crippen LogP contribution in [0.1, 0.15) is 27.6 Å². The summed E-state index contributed by atoms with van der Waals surface area (Å²) < 4.78 is 12.9. The molecule has 0 fully saturated rings. The van der Waals surface area contributed by atoms with Crippen molar-refractivity contribution in [1.29, 1.82) is 0 Å². The molecule has 3 aromatic carbocycles. The second-order valence-corrected chi connectivity index (χ2v) is 5.92. The van der Waals surface area contributed by atoms with Gasteiger partial charge in [-0.1, -0.05) is 18.2 Å². The molecule has 0 radical (unpaired) electrons. The molecule has 0 atom stereocenters. The van der Waals surface area contributed by atoms with Crippen LogP contribution in [0.5, 0.6) is 0 Å². The van der Waals surface area contributed by atoms with Crippen LogP contribution < -0.4 is 10.2 Å². The Morgan fingerprint density at radius 3 is 2.04 bits per heavy atom. The molecule has 27 heavy (non-hydrogen) atoms. The molecule has 0 saturated heterocycles. The zero-order chi connectivity index (χ0) is 19.2. The van der Waals surface area contributed by atoms with E-state index in [1.165, 1.54) is 24.3 Å². The molecule has 3 rings (SSSR count).